The number of carbonyl (C=O) groups excluding carboxylic acids is 1. The van der Waals surface area contributed by atoms with E-state index in [0.29, 0.717) is 19.4 Å². The smallest absolute Gasteiger partial charge is 0.407 e. The van der Waals surface area contributed by atoms with Gasteiger partial charge in [-0.2, -0.15) is 9.57 Å². The Labute approximate surface area is 155 Å². The van der Waals surface area contributed by atoms with Crippen molar-refractivity contribution in [1.29, 1.82) is 5.26 Å². The summed E-state index contributed by atoms with van der Waals surface area (Å²) < 4.78 is 32.3. The number of benzene rings is 1. The van der Waals surface area contributed by atoms with E-state index < -0.39 is 21.7 Å². The molecule has 1 aromatic carbocycles. The highest BCUT2D eigenvalue weighted by atomic mass is 32.2. The van der Waals surface area contributed by atoms with E-state index in [2.05, 4.69) is 5.32 Å². The molecule has 0 unspecified atom stereocenters. The topological polar surface area (TPSA) is 99.5 Å². The maximum Gasteiger partial charge on any atom is 0.407 e. The van der Waals surface area contributed by atoms with Gasteiger partial charge in [0.05, 0.1) is 17.4 Å². The third kappa shape index (κ3) is 5.44. The number of alkyl carbamates (subject to hydrolysis) is 1. The monoisotopic (exact) mass is 379 g/mol. The summed E-state index contributed by atoms with van der Waals surface area (Å²) >= 11 is 0. The zero-order valence-corrected chi connectivity index (χ0v) is 16.2. The minimum absolute atomic E-state index is 0.192. The van der Waals surface area contributed by atoms with Crippen LogP contribution < -0.4 is 5.32 Å². The molecule has 1 atom stereocenters. The largest absolute Gasteiger partial charge is 0.444 e. The first-order valence-corrected chi connectivity index (χ1v) is 10.0. The van der Waals surface area contributed by atoms with Crippen molar-refractivity contribution < 1.29 is 17.9 Å². The van der Waals surface area contributed by atoms with Crippen LogP contribution in [0.3, 0.4) is 0 Å². The molecule has 1 aliphatic rings. The fraction of sp³-hybridized carbons (Fsp3) is 0.556. The van der Waals surface area contributed by atoms with E-state index in [0.717, 1.165) is 5.56 Å². The number of hydrogen-bond acceptors (Lipinski definition) is 5. The second-order valence-electron chi connectivity index (χ2n) is 7.33. The first-order chi connectivity index (χ1) is 12.1. The molecule has 0 aromatic heterocycles. The van der Waals surface area contributed by atoms with E-state index in [1.165, 1.54) is 16.4 Å². The highest BCUT2D eigenvalue weighted by Crippen LogP contribution is 2.21. The van der Waals surface area contributed by atoms with Crippen LogP contribution in [0.25, 0.3) is 0 Å². The number of nitrogens with one attached hydrogen (secondary N) is 1. The van der Waals surface area contributed by atoms with Crippen molar-refractivity contribution >= 4 is 16.1 Å². The third-order valence-corrected chi connectivity index (χ3v) is 5.83. The van der Waals surface area contributed by atoms with Crippen molar-refractivity contribution in [3.8, 4) is 6.07 Å². The molecule has 0 bridgehead atoms. The lowest BCUT2D eigenvalue weighted by Gasteiger charge is -2.32. The van der Waals surface area contributed by atoms with Crippen molar-refractivity contribution in [3.63, 3.8) is 0 Å². The summed E-state index contributed by atoms with van der Waals surface area (Å²) in [5.74, 6) is 0. The Balaban J connectivity index is 2.05. The number of ether oxygens (including phenoxy) is 1. The lowest BCUT2D eigenvalue weighted by molar-refractivity contribution is 0.0487. The Morgan fingerprint density at radius 2 is 2.00 bits per heavy atom. The van der Waals surface area contributed by atoms with Gasteiger partial charge < -0.3 is 10.1 Å². The summed E-state index contributed by atoms with van der Waals surface area (Å²) in [6.07, 6.45) is 1.06. The van der Waals surface area contributed by atoms with E-state index in [-0.39, 0.29) is 23.9 Å². The molecular formula is C18H25N3O4S. The molecule has 142 valence electrons. The molecule has 8 heteroatoms. The lowest BCUT2D eigenvalue weighted by atomic mass is 10.1. The number of nitriles is 1. The van der Waals surface area contributed by atoms with Crippen molar-refractivity contribution in [2.75, 3.05) is 13.1 Å². The first kappa shape index (κ1) is 20.2. The molecule has 1 fully saturated rings. The number of nitrogens with zero attached hydrogens (tertiary/aromatic N) is 2. The molecule has 1 saturated heterocycles. The van der Waals surface area contributed by atoms with Crippen LogP contribution in [-0.4, -0.2) is 43.5 Å². The van der Waals surface area contributed by atoms with Crippen molar-refractivity contribution in [2.45, 2.75) is 56.6 Å². The fourth-order valence-electron chi connectivity index (χ4n) is 2.77. The number of hydrogen-bond donors (Lipinski definition) is 1. The van der Waals surface area contributed by atoms with Crippen LogP contribution in [-0.2, 0) is 21.2 Å². The maximum atomic E-state index is 12.8. The van der Waals surface area contributed by atoms with Gasteiger partial charge in [0.2, 0.25) is 10.0 Å². The van der Waals surface area contributed by atoms with E-state index in [4.69, 9.17) is 10.00 Å². The number of rotatable bonds is 4. The van der Waals surface area contributed by atoms with Gasteiger partial charge in [0.25, 0.3) is 0 Å². The minimum atomic E-state index is -3.64. The molecule has 1 N–H and O–H groups in total. The van der Waals surface area contributed by atoms with Gasteiger partial charge in [-0.1, -0.05) is 12.1 Å². The Kier molecular flexibility index (Phi) is 6.26. The number of carbonyl (C=O) groups is 1. The Morgan fingerprint density at radius 1 is 1.35 bits per heavy atom. The highest BCUT2D eigenvalue weighted by Gasteiger charge is 2.31. The fourth-order valence-corrected chi connectivity index (χ4v) is 4.30. The van der Waals surface area contributed by atoms with Gasteiger partial charge in [0.1, 0.15) is 5.60 Å². The molecule has 0 aliphatic carbocycles. The van der Waals surface area contributed by atoms with Crippen LogP contribution in [0.15, 0.2) is 29.2 Å². The molecule has 0 spiro atoms. The second-order valence-corrected chi connectivity index (χ2v) is 9.27. The molecule has 1 heterocycles. The predicted molar refractivity (Wildman–Crippen MR) is 96.9 cm³/mol. The predicted octanol–water partition coefficient (Wildman–Crippen LogP) is 2.43. The number of piperidine rings is 1. The molecule has 2 rings (SSSR count). The summed E-state index contributed by atoms with van der Waals surface area (Å²) in [4.78, 5) is 12.1. The normalized spacial score (nSPS) is 18.8. The minimum Gasteiger partial charge on any atom is -0.444 e. The summed E-state index contributed by atoms with van der Waals surface area (Å²) in [6.45, 7) is 5.96. The van der Waals surface area contributed by atoms with Gasteiger partial charge in [-0.15, -0.1) is 0 Å². The lowest BCUT2D eigenvalue weighted by Crippen LogP contribution is -2.50. The zero-order chi connectivity index (χ0) is 19.4. The van der Waals surface area contributed by atoms with Gasteiger partial charge in [-0.05, 0) is 51.3 Å². The molecular weight excluding hydrogens is 354 g/mol. The van der Waals surface area contributed by atoms with Crippen molar-refractivity contribution in [3.05, 3.63) is 29.8 Å². The Bertz CT molecular complexity index is 776. The highest BCUT2D eigenvalue weighted by molar-refractivity contribution is 7.89. The van der Waals surface area contributed by atoms with Crippen molar-refractivity contribution in [2.24, 2.45) is 0 Å². The molecule has 1 aliphatic heterocycles. The Hall–Kier alpha value is -2.11. The van der Waals surface area contributed by atoms with Gasteiger partial charge >= 0.3 is 6.09 Å². The molecule has 7 nitrogen and oxygen atoms in total. The summed E-state index contributed by atoms with van der Waals surface area (Å²) in [7, 11) is -3.64. The molecule has 0 saturated carbocycles. The SMILES string of the molecule is CC(C)(C)OC(=O)N[C@H]1CCCN(S(=O)(=O)c2ccc(CC#N)cc2)C1. The van der Waals surface area contributed by atoms with Crippen LogP contribution >= 0.6 is 0 Å². The van der Waals surface area contributed by atoms with Crippen molar-refractivity contribution in [1.82, 2.24) is 9.62 Å². The molecule has 26 heavy (non-hydrogen) atoms. The first-order valence-electron chi connectivity index (χ1n) is 8.57. The number of sulfonamides is 1. The maximum absolute atomic E-state index is 12.8. The third-order valence-electron chi connectivity index (χ3n) is 3.95. The van der Waals surface area contributed by atoms with Gasteiger partial charge in [-0.25, -0.2) is 13.2 Å². The Morgan fingerprint density at radius 3 is 2.58 bits per heavy atom. The van der Waals surface area contributed by atoms with Crippen LogP contribution in [0.4, 0.5) is 4.79 Å². The quantitative estimate of drug-likeness (QED) is 0.866. The van der Waals surface area contributed by atoms with E-state index in [1.54, 1.807) is 32.9 Å². The molecule has 1 aromatic rings. The van der Waals surface area contributed by atoms with E-state index in [9.17, 15) is 13.2 Å². The van der Waals surface area contributed by atoms with E-state index >= 15 is 0 Å². The second kappa shape index (κ2) is 8.06. The van der Waals surface area contributed by atoms with Gasteiger partial charge in [-0.3, -0.25) is 0 Å². The van der Waals surface area contributed by atoms with Crippen LogP contribution in [0.2, 0.25) is 0 Å². The zero-order valence-electron chi connectivity index (χ0n) is 15.4. The summed E-state index contributed by atoms with van der Waals surface area (Å²) in [6, 6.07) is 8.09. The van der Waals surface area contributed by atoms with Crippen LogP contribution in [0.1, 0.15) is 39.2 Å². The van der Waals surface area contributed by atoms with Crippen LogP contribution in [0.5, 0.6) is 0 Å². The average molecular weight is 379 g/mol. The van der Waals surface area contributed by atoms with Gasteiger partial charge in [0.15, 0.2) is 0 Å². The van der Waals surface area contributed by atoms with E-state index in [1.807, 2.05) is 6.07 Å². The summed E-state index contributed by atoms with van der Waals surface area (Å²) in [5.41, 5.74) is 0.171. The van der Waals surface area contributed by atoms with Gasteiger partial charge in [0, 0.05) is 19.1 Å². The van der Waals surface area contributed by atoms with Crippen LogP contribution in [0, 0.1) is 11.3 Å². The summed E-state index contributed by atoms with van der Waals surface area (Å²) in [5, 5.41) is 11.5. The number of amides is 1. The average Bonchev–Trinajstić information content (AvgIpc) is 2.54. The molecule has 1 amide bonds. The molecule has 0 radical (unpaired) electrons. The standard InChI is InChI=1S/C18H25N3O4S/c1-18(2,3)25-17(22)20-15-5-4-12-21(13-15)26(23,24)16-8-6-14(7-9-16)10-11-19/h6-9,15H,4-5,10,12-13H2,1-3H3,(H,20,22)/t15-/m0/s1.